The minimum Gasteiger partial charge on any atom is -0.481 e. The molecule has 1 fully saturated rings. The van der Waals surface area contributed by atoms with Crippen LogP contribution in [0.25, 0.3) is 0 Å². The Balaban J connectivity index is 2.60. The van der Waals surface area contributed by atoms with Crippen molar-refractivity contribution >= 4 is 11.9 Å². The molecular weight excluding hydrogens is 220 g/mol. The molecule has 0 aromatic rings. The lowest BCUT2D eigenvalue weighted by atomic mass is 9.68. The van der Waals surface area contributed by atoms with E-state index in [0.717, 1.165) is 19.3 Å². The zero-order valence-corrected chi connectivity index (χ0v) is 10.5. The molecule has 0 aromatic heterocycles. The van der Waals surface area contributed by atoms with Crippen LogP contribution < -0.4 is 11.1 Å². The highest BCUT2D eigenvalue weighted by molar-refractivity contribution is 5.84. The van der Waals surface area contributed by atoms with E-state index in [-0.39, 0.29) is 24.3 Å². The highest BCUT2D eigenvalue weighted by Gasteiger charge is 2.43. The average Bonchev–Trinajstić information content (AvgIpc) is 2.14. The summed E-state index contributed by atoms with van der Waals surface area (Å²) in [4.78, 5) is 22.8. The predicted molar refractivity (Wildman–Crippen MR) is 64.4 cm³/mol. The van der Waals surface area contributed by atoms with E-state index < -0.39 is 11.4 Å². The summed E-state index contributed by atoms with van der Waals surface area (Å²) in [7, 11) is 0. The number of carboxylic acid groups (broad SMARTS) is 1. The van der Waals surface area contributed by atoms with Crippen LogP contribution in [0.3, 0.4) is 0 Å². The zero-order valence-electron chi connectivity index (χ0n) is 10.5. The maximum absolute atomic E-state index is 12.1. The smallest absolute Gasteiger partial charge is 0.305 e. The Morgan fingerprint density at radius 2 is 2.00 bits per heavy atom. The summed E-state index contributed by atoms with van der Waals surface area (Å²) in [6, 6.07) is -0.316. The van der Waals surface area contributed by atoms with Gasteiger partial charge in [0.05, 0.1) is 11.8 Å². The molecule has 0 radical (unpaired) electrons. The van der Waals surface area contributed by atoms with Crippen molar-refractivity contribution < 1.29 is 14.7 Å². The van der Waals surface area contributed by atoms with Crippen molar-refractivity contribution in [3.05, 3.63) is 0 Å². The highest BCUT2D eigenvalue weighted by atomic mass is 16.4. The van der Waals surface area contributed by atoms with E-state index in [4.69, 9.17) is 10.8 Å². The number of carboxylic acids is 1. The van der Waals surface area contributed by atoms with Crippen LogP contribution in [0.4, 0.5) is 0 Å². The summed E-state index contributed by atoms with van der Waals surface area (Å²) in [6.45, 7) is 4.16. The number of rotatable bonds is 6. The predicted octanol–water partition coefficient (Wildman–Crippen LogP) is 0.731. The van der Waals surface area contributed by atoms with Crippen molar-refractivity contribution in [2.45, 2.75) is 45.6 Å². The third kappa shape index (κ3) is 3.19. The molecule has 0 aromatic carbocycles. The van der Waals surface area contributed by atoms with Gasteiger partial charge < -0.3 is 16.2 Å². The molecule has 1 aliphatic rings. The number of aliphatic carboxylic acids is 1. The van der Waals surface area contributed by atoms with Crippen molar-refractivity contribution in [2.75, 3.05) is 6.54 Å². The summed E-state index contributed by atoms with van der Waals surface area (Å²) in [5.74, 6) is -0.865. The molecule has 0 saturated heterocycles. The number of carbonyl (C=O) groups excluding carboxylic acids is 1. The van der Waals surface area contributed by atoms with Gasteiger partial charge in [0.15, 0.2) is 0 Å². The fraction of sp³-hybridized carbons (Fsp3) is 0.833. The van der Waals surface area contributed by atoms with Crippen molar-refractivity contribution in [2.24, 2.45) is 17.1 Å². The van der Waals surface area contributed by atoms with Gasteiger partial charge in [-0.3, -0.25) is 9.59 Å². The lowest BCUT2D eigenvalue weighted by Crippen LogP contribution is -2.54. The number of nitrogens with two attached hydrogens (primary N) is 1. The van der Waals surface area contributed by atoms with Gasteiger partial charge in [-0.15, -0.1) is 0 Å². The van der Waals surface area contributed by atoms with Crippen LogP contribution in [0.15, 0.2) is 0 Å². The van der Waals surface area contributed by atoms with Crippen LogP contribution in [-0.4, -0.2) is 29.6 Å². The van der Waals surface area contributed by atoms with E-state index in [1.165, 1.54) is 0 Å². The standard InChI is InChI=1S/C12H22N2O3/c1-8(2)9(6-10(15)16)14-11(17)12(7-13)4-3-5-12/h8-9H,3-7,13H2,1-2H3,(H,14,17)(H,15,16). The average molecular weight is 242 g/mol. The zero-order chi connectivity index (χ0) is 13.1. The molecule has 1 atom stereocenters. The quantitative estimate of drug-likeness (QED) is 0.640. The molecule has 1 rings (SSSR count). The van der Waals surface area contributed by atoms with Crippen LogP contribution >= 0.6 is 0 Å². The monoisotopic (exact) mass is 242 g/mol. The van der Waals surface area contributed by atoms with E-state index in [9.17, 15) is 9.59 Å². The van der Waals surface area contributed by atoms with Crippen molar-refractivity contribution in [3.63, 3.8) is 0 Å². The lowest BCUT2D eigenvalue weighted by molar-refractivity contribution is -0.139. The van der Waals surface area contributed by atoms with Crippen LogP contribution in [0.2, 0.25) is 0 Å². The number of nitrogens with one attached hydrogen (secondary N) is 1. The third-order valence-corrected chi connectivity index (χ3v) is 3.70. The number of hydrogen-bond acceptors (Lipinski definition) is 3. The molecule has 5 heteroatoms. The molecule has 0 bridgehead atoms. The Bertz CT molecular complexity index is 293. The molecule has 1 amide bonds. The van der Waals surface area contributed by atoms with Crippen molar-refractivity contribution in [1.29, 1.82) is 0 Å². The minimum atomic E-state index is -0.889. The summed E-state index contributed by atoms with van der Waals surface area (Å²) >= 11 is 0. The van der Waals surface area contributed by atoms with Crippen molar-refractivity contribution in [3.8, 4) is 0 Å². The van der Waals surface area contributed by atoms with E-state index in [0.29, 0.717) is 6.54 Å². The van der Waals surface area contributed by atoms with E-state index in [2.05, 4.69) is 5.32 Å². The molecule has 17 heavy (non-hydrogen) atoms. The van der Waals surface area contributed by atoms with Gasteiger partial charge in [-0.25, -0.2) is 0 Å². The second-order valence-electron chi connectivity index (χ2n) is 5.26. The van der Waals surface area contributed by atoms with Gasteiger partial charge in [-0.1, -0.05) is 20.3 Å². The second kappa shape index (κ2) is 5.49. The first-order chi connectivity index (χ1) is 7.91. The van der Waals surface area contributed by atoms with E-state index in [1.807, 2.05) is 13.8 Å². The summed E-state index contributed by atoms with van der Waals surface area (Å²) < 4.78 is 0. The maximum Gasteiger partial charge on any atom is 0.305 e. The Morgan fingerprint density at radius 3 is 2.29 bits per heavy atom. The second-order valence-corrected chi connectivity index (χ2v) is 5.26. The first kappa shape index (κ1) is 14.0. The molecule has 0 aliphatic heterocycles. The summed E-state index contributed by atoms with van der Waals surface area (Å²) in [5.41, 5.74) is 5.21. The number of carbonyl (C=O) groups is 2. The van der Waals surface area contributed by atoms with Gasteiger partial charge in [0, 0.05) is 12.6 Å². The largest absolute Gasteiger partial charge is 0.481 e. The van der Waals surface area contributed by atoms with E-state index >= 15 is 0 Å². The first-order valence-electron chi connectivity index (χ1n) is 6.14. The molecular formula is C12H22N2O3. The molecule has 98 valence electrons. The Kier molecular flexibility index (Phi) is 4.51. The molecule has 0 spiro atoms. The Morgan fingerprint density at radius 1 is 1.41 bits per heavy atom. The SMILES string of the molecule is CC(C)C(CC(=O)O)NC(=O)C1(CN)CCC1. The molecule has 5 nitrogen and oxygen atoms in total. The minimum absolute atomic E-state index is 0.0376. The highest BCUT2D eigenvalue weighted by Crippen LogP contribution is 2.40. The number of hydrogen-bond donors (Lipinski definition) is 3. The van der Waals surface area contributed by atoms with Crippen LogP contribution in [0.1, 0.15) is 39.5 Å². The molecule has 0 heterocycles. The number of amides is 1. The summed E-state index contributed by atoms with van der Waals surface area (Å²) in [5, 5.41) is 11.6. The maximum atomic E-state index is 12.1. The van der Waals surface area contributed by atoms with Gasteiger partial charge in [-0.2, -0.15) is 0 Å². The molecule has 1 unspecified atom stereocenters. The van der Waals surface area contributed by atoms with Crippen molar-refractivity contribution in [1.82, 2.24) is 5.32 Å². The Labute approximate surface area is 102 Å². The molecule has 1 aliphatic carbocycles. The molecule has 1 saturated carbocycles. The third-order valence-electron chi connectivity index (χ3n) is 3.70. The van der Waals surface area contributed by atoms with Gasteiger partial charge in [0.25, 0.3) is 0 Å². The fourth-order valence-corrected chi connectivity index (χ4v) is 2.09. The first-order valence-corrected chi connectivity index (χ1v) is 6.14. The lowest BCUT2D eigenvalue weighted by Gasteiger charge is -2.40. The molecule has 4 N–H and O–H groups in total. The van der Waals surface area contributed by atoms with Crippen LogP contribution in [0.5, 0.6) is 0 Å². The van der Waals surface area contributed by atoms with Gasteiger partial charge in [-0.05, 0) is 18.8 Å². The fourth-order valence-electron chi connectivity index (χ4n) is 2.09. The van der Waals surface area contributed by atoms with Gasteiger partial charge in [0.2, 0.25) is 5.91 Å². The van der Waals surface area contributed by atoms with Gasteiger partial charge >= 0.3 is 5.97 Å². The normalized spacial score (nSPS) is 19.5. The summed E-state index contributed by atoms with van der Waals surface area (Å²) in [6.07, 6.45) is 2.61. The van der Waals surface area contributed by atoms with E-state index in [1.54, 1.807) is 0 Å². The Hall–Kier alpha value is -1.10. The topological polar surface area (TPSA) is 92.4 Å². The van der Waals surface area contributed by atoms with Gasteiger partial charge in [0.1, 0.15) is 0 Å². The van der Waals surface area contributed by atoms with Crippen LogP contribution in [0, 0.1) is 11.3 Å². The van der Waals surface area contributed by atoms with Crippen LogP contribution in [-0.2, 0) is 9.59 Å².